The maximum atomic E-state index is 12.4. The van der Waals surface area contributed by atoms with Crippen molar-refractivity contribution < 1.29 is 22.7 Å². The summed E-state index contributed by atoms with van der Waals surface area (Å²) in [5.74, 6) is -0.649. The van der Waals surface area contributed by atoms with E-state index in [0.29, 0.717) is 0 Å². The highest BCUT2D eigenvalue weighted by atomic mass is 19.4. The topological polar surface area (TPSA) is 50.4 Å². The first kappa shape index (κ1) is 18.1. The lowest BCUT2D eigenvalue weighted by Crippen LogP contribution is -2.35. The average Bonchev–Trinajstić information content (AvgIpc) is 2.60. The van der Waals surface area contributed by atoms with Crippen molar-refractivity contribution in [2.75, 3.05) is 11.9 Å². The number of carbonyl (C=O) groups is 1. The Balaban J connectivity index is 1.61. The van der Waals surface area contributed by atoms with Crippen molar-refractivity contribution in [3.8, 4) is 5.75 Å². The molecule has 0 spiro atoms. The molecule has 0 fully saturated rings. The van der Waals surface area contributed by atoms with Gasteiger partial charge in [-0.1, -0.05) is 36.4 Å². The first-order valence-corrected chi connectivity index (χ1v) is 8.38. The number of alkyl halides is 3. The lowest BCUT2D eigenvalue weighted by molar-refractivity contribution is -0.274. The second kappa shape index (κ2) is 7.68. The zero-order valence-corrected chi connectivity index (χ0v) is 14.0. The highest BCUT2D eigenvalue weighted by molar-refractivity contribution is 5.81. The molecular formula is C19H19F3N2O2. The number of carbonyl (C=O) groups excluding carboxylic acids is 1. The molecule has 0 heterocycles. The van der Waals surface area contributed by atoms with Crippen LogP contribution in [0.15, 0.2) is 48.5 Å². The van der Waals surface area contributed by atoms with Gasteiger partial charge in [-0.05, 0) is 42.5 Å². The van der Waals surface area contributed by atoms with Gasteiger partial charge in [0.25, 0.3) is 0 Å². The van der Waals surface area contributed by atoms with E-state index in [1.807, 2.05) is 18.2 Å². The predicted molar refractivity (Wildman–Crippen MR) is 91.9 cm³/mol. The second-order valence-electron chi connectivity index (χ2n) is 6.11. The maximum Gasteiger partial charge on any atom is 0.573 e. The standard InChI is InChI=1S/C19H19F3N2O2/c20-19(21,22)26-17-11-4-3-9-16(17)23-12-18(25)24-15-10-5-7-13-6-1-2-8-14(13)15/h1-4,6,8-9,11,15,23H,5,7,10,12H2,(H,24,25)/t15-/m0/s1. The lowest BCUT2D eigenvalue weighted by atomic mass is 9.88. The SMILES string of the molecule is O=C(CNc1ccccc1OC(F)(F)F)N[C@H]1CCCc2ccccc21. The Morgan fingerprint density at radius 3 is 2.65 bits per heavy atom. The Kier molecular flexibility index (Phi) is 5.35. The Morgan fingerprint density at radius 2 is 1.85 bits per heavy atom. The zero-order chi connectivity index (χ0) is 18.6. The molecule has 0 aromatic heterocycles. The van der Waals surface area contributed by atoms with Crippen LogP contribution in [-0.2, 0) is 11.2 Å². The number of fused-ring (bicyclic) bond motifs is 1. The molecule has 0 radical (unpaired) electrons. The van der Waals surface area contributed by atoms with E-state index >= 15 is 0 Å². The van der Waals surface area contributed by atoms with Crippen molar-refractivity contribution in [1.82, 2.24) is 5.32 Å². The number of anilines is 1. The molecular weight excluding hydrogens is 345 g/mol. The molecule has 26 heavy (non-hydrogen) atoms. The number of rotatable bonds is 5. The van der Waals surface area contributed by atoms with Gasteiger partial charge in [-0.15, -0.1) is 13.2 Å². The summed E-state index contributed by atoms with van der Waals surface area (Å²) in [6.07, 6.45) is -1.97. The van der Waals surface area contributed by atoms with Crippen LogP contribution in [0, 0.1) is 0 Å². The molecule has 0 bridgehead atoms. The minimum Gasteiger partial charge on any atom is -0.404 e. The number of amides is 1. The zero-order valence-electron chi connectivity index (χ0n) is 14.0. The minimum absolute atomic E-state index is 0.0732. The molecule has 2 aromatic carbocycles. The fourth-order valence-electron chi connectivity index (χ4n) is 3.15. The summed E-state index contributed by atoms with van der Waals surface area (Å²) in [5.41, 5.74) is 2.44. The number of hydrogen-bond donors (Lipinski definition) is 2. The normalized spacial score (nSPS) is 16.5. The molecule has 0 unspecified atom stereocenters. The number of halogens is 3. The van der Waals surface area contributed by atoms with Gasteiger partial charge in [-0.3, -0.25) is 4.79 Å². The van der Waals surface area contributed by atoms with E-state index in [1.165, 1.54) is 23.8 Å². The van der Waals surface area contributed by atoms with Gasteiger partial charge in [0.15, 0.2) is 5.75 Å². The summed E-state index contributed by atoms with van der Waals surface area (Å²) >= 11 is 0. The molecule has 7 heteroatoms. The molecule has 0 aliphatic heterocycles. The van der Waals surface area contributed by atoms with Gasteiger partial charge < -0.3 is 15.4 Å². The van der Waals surface area contributed by atoms with Gasteiger partial charge in [-0.2, -0.15) is 0 Å². The van der Waals surface area contributed by atoms with E-state index in [1.54, 1.807) is 6.07 Å². The van der Waals surface area contributed by atoms with Crippen LogP contribution in [0.1, 0.15) is 30.0 Å². The highest BCUT2D eigenvalue weighted by Crippen LogP contribution is 2.31. The van der Waals surface area contributed by atoms with E-state index in [2.05, 4.69) is 21.4 Å². The van der Waals surface area contributed by atoms with E-state index in [4.69, 9.17) is 0 Å². The van der Waals surface area contributed by atoms with Crippen molar-refractivity contribution in [1.29, 1.82) is 0 Å². The monoisotopic (exact) mass is 364 g/mol. The molecule has 2 N–H and O–H groups in total. The van der Waals surface area contributed by atoms with Crippen LogP contribution in [0.25, 0.3) is 0 Å². The quantitative estimate of drug-likeness (QED) is 0.836. The molecule has 2 aromatic rings. The van der Waals surface area contributed by atoms with Crippen molar-refractivity contribution in [3.63, 3.8) is 0 Å². The summed E-state index contributed by atoms with van der Waals surface area (Å²) in [6.45, 7) is -0.142. The molecule has 0 saturated carbocycles. The van der Waals surface area contributed by atoms with Crippen molar-refractivity contribution in [3.05, 3.63) is 59.7 Å². The van der Waals surface area contributed by atoms with Crippen molar-refractivity contribution in [2.45, 2.75) is 31.7 Å². The summed E-state index contributed by atoms with van der Waals surface area (Å²) in [7, 11) is 0. The number of benzene rings is 2. The third kappa shape index (κ3) is 4.68. The van der Waals surface area contributed by atoms with Crippen LogP contribution in [0.2, 0.25) is 0 Å². The van der Waals surface area contributed by atoms with Gasteiger partial charge in [0.05, 0.1) is 18.3 Å². The number of nitrogens with one attached hydrogen (secondary N) is 2. The average molecular weight is 364 g/mol. The lowest BCUT2D eigenvalue weighted by Gasteiger charge is -2.26. The van der Waals surface area contributed by atoms with Crippen LogP contribution in [0.3, 0.4) is 0 Å². The largest absolute Gasteiger partial charge is 0.573 e. The van der Waals surface area contributed by atoms with Gasteiger partial charge in [0.2, 0.25) is 5.91 Å². The molecule has 1 aliphatic rings. The van der Waals surface area contributed by atoms with E-state index < -0.39 is 6.36 Å². The van der Waals surface area contributed by atoms with Gasteiger partial charge in [-0.25, -0.2) is 0 Å². The van der Waals surface area contributed by atoms with Crippen LogP contribution < -0.4 is 15.4 Å². The second-order valence-corrected chi connectivity index (χ2v) is 6.11. The summed E-state index contributed by atoms with van der Waals surface area (Å²) < 4.78 is 41.3. The highest BCUT2D eigenvalue weighted by Gasteiger charge is 2.32. The molecule has 138 valence electrons. The molecule has 1 aliphatic carbocycles. The van der Waals surface area contributed by atoms with Crippen LogP contribution in [0.5, 0.6) is 5.75 Å². The smallest absolute Gasteiger partial charge is 0.404 e. The van der Waals surface area contributed by atoms with Crippen LogP contribution in [-0.4, -0.2) is 18.8 Å². The molecule has 4 nitrogen and oxygen atoms in total. The van der Waals surface area contributed by atoms with E-state index in [0.717, 1.165) is 24.8 Å². The van der Waals surface area contributed by atoms with Gasteiger partial charge in [0.1, 0.15) is 0 Å². The molecule has 1 atom stereocenters. The van der Waals surface area contributed by atoms with Crippen molar-refractivity contribution >= 4 is 11.6 Å². The first-order chi connectivity index (χ1) is 12.4. The fraction of sp³-hybridized carbons (Fsp3) is 0.316. The molecule has 1 amide bonds. The third-order valence-electron chi connectivity index (χ3n) is 4.26. The first-order valence-electron chi connectivity index (χ1n) is 8.38. The van der Waals surface area contributed by atoms with Gasteiger partial charge >= 0.3 is 6.36 Å². The van der Waals surface area contributed by atoms with E-state index in [9.17, 15) is 18.0 Å². The fourth-order valence-corrected chi connectivity index (χ4v) is 3.15. The van der Waals surface area contributed by atoms with E-state index in [-0.39, 0.29) is 29.9 Å². The molecule has 0 saturated heterocycles. The number of para-hydroxylation sites is 2. The maximum absolute atomic E-state index is 12.4. The predicted octanol–water partition coefficient (Wildman–Crippen LogP) is 4.19. The number of aryl methyl sites for hydroxylation is 1. The minimum atomic E-state index is -4.79. The summed E-state index contributed by atoms with van der Waals surface area (Å²) in [5, 5.41) is 5.66. The Labute approximate surface area is 149 Å². The van der Waals surface area contributed by atoms with Crippen LogP contribution >= 0.6 is 0 Å². The Bertz CT molecular complexity index is 777. The Morgan fingerprint density at radius 1 is 1.12 bits per heavy atom. The van der Waals surface area contributed by atoms with Gasteiger partial charge in [0, 0.05) is 0 Å². The number of hydrogen-bond acceptors (Lipinski definition) is 3. The number of ether oxygens (including phenoxy) is 1. The summed E-state index contributed by atoms with van der Waals surface area (Å²) in [6, 6.07) is 13.5. The Hall–Kier alpha value is -2.70. The third-order valence-corrected chi connectivity index (χ3v) is 4.26. The van der Waals surface area contributed by atoms with Crippen LogP contribution in [0.4, 0.5) is 18.9 Å². The summed E-state index contributed by atoms with van der Waals surface area (Å²) in [4.78, 5) is 12.3. The molecule has 3 rings (SSSR count). The van der Waals surface area contributed by atoms with Crippen molar-refractivity contribution in [2.24, 2.45) is 0 Å².